The molecule has 1 rings (SSSR count). The van der Waals surface area contributed by atoms with Gasteiger partial charge in [-0.3, -0.25) is 5.32 Å². The van der Waals surface area contributed by atoms with Gasteiger partial charge in [0, 0.05) is 0 Å². The molecule has 0 fully saturated rings. The lowest BCUT2D eigenvalue weighted by molar-refractivity contribution is -0.137. The third-order valence-corrected chi connectivity index (χ3v) is 2.00. The van der Waals surface area contributed by atoms with Gasteiger partial charge in [0.1, 0.15) is 0 Å². The van der Waals surface area contributed by atoms with Crippen molar-refractivity contribution in [3.8, 4) is 0 Å². The van der Waals surface area contributed by atoms with E-state index in [1.807, 2.05) is 0 Å². The molecule has 1 aromatic rings. The van der Waals surface area contributed by atoms with E-state index >= 15 is 0 Å². The van der Waals surface area contributed by atoms with Crippen molar-refractivity contribution in [1.29, 1.82) is 0 Å². The van der Waals surface area contributed by atoms with E-state index in [0.717, 1.165) is 6.07 Å². The second kappa shape index (κ2) is 4.09. The lowest BCUT2D eigenvalue weighted by atomic mass is 10.1. The first-order chi connectivity index (χ1) is 7.21. The van der Waals surface area contributed by atoms with Crippen molar-refractivity contribution in [3.05, 3.63) is 22.7 Å². The molecule has 8 heteroatoms. The summed E-state index contributed by atoms with van der Waals surface area (Å²) in [6.07, 6.45) is -6.18. The molecule has 0 aliphatic rings. The molecule has 0 radical (unpaired) electrons. The molecule has 0 atom stereocenters. The lowest BCUT2D eigenvalue weighted by Gasteiger charge is -2.12. The number of amides is 1. The first kappa shape index (κ1) is 12.4. The molecule has 0 saturated heterocycles. The second-order valence-electron chi connectivity index (χ2n) is 2.85. The van der Waals surface area contributed by atoms with E-state index in [0.29, 0.717) is 6.07 Å². The predicted octanol–water partition coefficient (Wildman–Crippen LogP) is 3.03. The van der Waals surface area contributed by atoms with Crippen molar-refractivity contribution in [3.63, 3.8) is 0 Å². The summed E-state index contributed by atoms with van der Waals surface area (Å²) in [5.41, 5.74) is 3.62. The number of nitrogen functional groups attached to an aromatic ring is 1. The number of nitrogens with one attached hydrogen (secondary N) is 1. The summed E-state index contributed by atoms with van der Waals surface area (Å²) < 4.78 is 37.2. The molecular formula is C8H6ClF3N2O2. The molecule has 0 aliphatic heterocycles. The molecule has 0 heterocycles. The van der Waals surface area contributed by atoms with Gasteiger partial charge in [0.05, 0.1) is 22.0 Å². The van der Waals surface area contributed by atoms with Gasteiger partial charge in [-0.05, 0) is 12.1 Å². The molecule has 88 valence electrons. The number of halogens is 4. The number of anilines is 2. The van der Waals surface area contributed by atoms with Crippen molar-refractivity contribution in [2.75, 3.05) is 11.1 Å². The van der Waals surface area contributed by atoms with Gasteiger partial charge in [-0.2, -0.15) is 13.2 Å². The molecule has 4 nitrogen and oxygen atoms in total. The Bertz CT molecular complexity index is 434. The van der Waals surface area contributed by atoms with Crippen LogP contribution in [-0.2, 0) is 6.18 Å². The van der Waals surface area contributed by atoms with Crippen LogP contribution in [0.25, 0.3) is 0 Å². The first-order valence-electron chi connectivity index (χ1n) is 3.88. The van der Waals surface area contributed by atoms with Crippen LogP contribution < -0.4 is 11.1 Å². The van der Waals surface area contributed by atoms with Crippen LogP contribution in [0, 0.1) is 0 Å². The average Bonchev–Trinajstić information content (AvgIpc) is 2.06. The molecule has 16 heavy (non-hydrogen) atoms. The van der Waals surface area contributed by atoms with Crippen LogP contribution in [0.2, 0.25) is 5.02 Å². The summed E-state index contributed by atoms with van der Waals surface area (Å²) in [5.74, 6) is 0. The Morgan fingerprint density at radius 2 is 2.00 bits per heavy atom. The highest BCUT2D eigenvalue weighted by molar-refractivity contribution is 6.32. The van der Waals surface area contributed by atoms with Gasteiger partial charge in [0.15, 0.2) is 0 Å². The quantitative estimate of drug-likeness (QED) is 0.674. The maximum absolute atomic E-state index is 12.4. The summed E-state index contributed by atoms with van der Waals surface area (Å²) in [5, 5.41) is 9.54. The van der Waals surface area contributed by atoms with Crippen LogP contribution in [-0.4, -0.2) is 11.2 Å². The summed E-state index contributed by atoms with van der Waals surface area (Å²) in [7, 11) is 0. The van der Waals surface area contributed by atoms with Crippen molar-refractivity contribution in [2.24, 2.45) is 0 Å². The number of hydrogen-bond donors (Lipinski definition) is 3. The molecule has 0 spiro atoms. The van der Waals surface area contributed by atoms with E-state index in [1.165, 1.54) is 0 Å². The lowest BCUT2D eigenvalue weighted by Crippen LogP contribution is -2.12. The minimum Gasteiger partial charge on any atom is -0.465 e. The van der Waals surface area contributed by atoms with Crippen LogP contribution in [0.3, 0.4) is 0 Å². The number of carboxylic acid groups (broad SMARTS) is 1. The van der Waals surface area contributed by atoms with Crippen LogP contribution in [0.15, 0.2) is 12.1 Å². The van der Waals surface area contributed by atoms with Crippen molar-refractivity contribution < 1.29 is 23.1 Å². The minimum absolute atomic E-state index is 0.180. The molecule has 4 N–H and O–H groups in total. The molecule has 1 amide bonds. The zero-order valence-electron chi connectivity index (χ0n) is 7.60. The number of nitrogens with two attached hydrogens (primary N) is 1. The zero-order chi connectivity index (χ0) is 12.5. The van der Waals surface area contributed by atoms with Crippen LogP contribution in [0.4, 0.5) is 29.3 Å². The maximum atomic E-state index is 12.4. The van der Waals surface area contributed by atoms with Gasteiger partial charge >= 0.3 is 12.3 Å². The number of benzene rings is 1. The van der Waals surface area contributed by atoms with Gasteiger partial charge in [-0.15, -0.1) is 0 Å². The fraction of sp³-hybridized carbons (Fsp3) is 0.125. The van der Waals surface area contributed by atoms with Gasteiger partial charge in [0.2, 0.25) is 0 Å². The third kappa shape index (κ3) is 2.69. The molecule has 0 saturated carbocycles. The standard InChI is InChI=1S/C8H6ClF3N2O2/c9-4-2-5(13)6(14-7(15)16)1-3(4)8(10,11)12/h1-2,14H,13H2,(H,15,16). The fourth-order valence-electron chi connectivity index (χ4n) is 1.03. The van der Waals surface area contributed by atoms with E-state index < -0.39 is 22.9 Å². The zero-order valence-corrected chi connectivity index (χ0v) is 8.36. The minimum atomic E-state index is -4.67. The van der Waals surface area contributed by atoms with Crippen LogP contribution in [0.1, 0.15) is 5.56 Å². The highest BCUT2D eigenvalue weighted by atomic mass is 35.5. The highest BCUT2D eigenvalue weighted by Crippen LogP contribution is 2.38. The topological polar surface area (TPSA) is 75.3 Å². The summed E-state index contributed by atoms with van der Waals surface area (Å²) >= 11 is 5.35. The molecule has 0 aliphatic carbocycles. The number of alkyl halides is 3. The number of rotatable bonds is 1. The maximum Gasteiger partial charge on any atom is 0.417 e. The van der Waals surface area contributed by atoms with Crippen molar-refractivity contribution in [1.82, 2.24) is 0 Å². The second-order valence-corrected chi connectivity index (χ2v) is 3.25. The molecule has 0 aromatic heterocycles. The third-order valence-electron chi connectivity index (χ3n) is 1.69. The highest BCUT2D eigenvalue weighted by Gasteiger charge is 2.34. The summed E-state index contributed by atoms with van der Waals surface area (Å²) in [6.45, 7) is 0. The Morgan fingerprint density at radius 1 is 1.44 bits per heavy atom. The largest absolute Gasteiger partial charge is 0.465 e. The van der Waals surface area contributed by atoms with Gasteiger partial charge in [-0.25, -0.2) is 4.79 Å². The Morgan fingerprint density at radius 3 is 2.44 bits per heavy atom. The normalized spacial score (nSPS) is 11.2. The molecular weight excluding hydrogens is 249 g/mol. The van der Waals surface area contributed by atoms with E-state index in [4.69, 9.17) is 22.4 Å². The predicted molar refractivity (Wildman–Crippen MR) is 52.5 cm³/mol. The SMILES string of the molecule is Nc1cc(Cl)c(C(F)(F)F)cc1NC(=O)O. The monoisotopic (exact) mass is 254 g/mol. The van der Waals surface area contributed by atoms with Gasteiger partial charge in [-0.1, -0.05) is 11.6 Å². The van der Waals surface area contributed by atoms with E-state index in [9.17, 15) is 18.0 Å². The molecule has 0 bridgehead atoms. The van der Waals surface area contributed by atoms with Crippen molar-refractivity contribution >= 4 is 29.1 Å². The van der Waals surface area contributed by atoms with E-state index in [1.54, 1.807) is 5.32 Å². The molecule has 0 unspecified atom stereocenters. The summed E-state index contributed by atoms with van der Waals surface area (Å²) in [6, 6.07) is 1.39. The van der Waals surface area contributed by atoms with Crippen molar-refractivity contribution in [2.45, 2.75) is 6.18 Å². The Hall–Kier alpha value is -1.63. The number of carbonyl (C=O) groups is 1. The Kier molecular flexibility index (Phi) is 3.18. The van der Waals surface area contributed by atoms with E-state index in [2.05, 4.69) is 0 Å². The Balaban J connectivity index is 3.27. The number of hydrogen-bond acceptors (Lipinski definition) is 2. The van der Waals surface area contributed by atoms with Gasteiger partial charge < -0.3 is 10.8 Å². The average molecular weight is 255 g/mol. The Labute approximate surface area is 92.8 Å². The summed E-state index contributed by atoms with van der Waals surface area (Å²) in [4.78, 5) is 10.3. The first-order valence-corrected chi connectivity index (χ1v) is 4.26. The van der Waals surface area contributed by atoms with Gasteiger partial charge in [0.25, 0.3) is 0 Å². The van der Waals surface area contributed by atoms with Crippen LogP contribution >= 0.6 is 11.6 Å². The van der Waals surface area contributed by atoms with E-state index in [-0.39, 0.29) is 11.4 Å². The molecule has 1 aromatic carbocycles. The smallest absolute Gasteiger partial charge is 0.417 e. The fourth-order valence-corrected chi connectivity index (χ4v) is 1.31. The van der Waals surface area contributed by atoms with Crippen LogP contribution in [0.5, 0.6) is 0 Å².